The average molecular weight is 499 g/mol. The number of benzene rings is 1. The van der Waals surface area contributed by atoms with Crippen LogP contribution in [-0.2, 0) is 6.42 Å². The number of likely N-dealkylation sites (N-methyl/N-ethyl adjacent to an activating group) is 1. The first-order valence-corrected chi connectivity index (χ1v) is 10.7. The lowest BCUT2D eigenvalue weighted by molar-refractivity contribution is 0.107. The van der Waals surface area contributed by atoms with Gasteiger partial charge in [0.15, 0.2) is 5.96 Å². The van der Waals surface area contributed by atoms with Crippen LogP contribution in [0.15, 0.2) is 35.3 Å². The molecule has 0 radical (unpaired) electrons. The predicted molar refractivity (Wildman–Crippen MR) is 130 cm³/mol. The molecule has 0 bridgehead atoms. The summed E-state index contributed by atoms with van der Waals surface area (Å²) >= 11 is 0. The summed E-state index contributed by atoms with van der Waals surface area (Å²) in [5, 5.41) is 3.64. The molecule has 0 aliphatic carbocycles. The molecule has 158 valence electrons. The summed E-state index contributed by atoms with van der Waals surface area (Å²) in [4.78, 5) is 12.1. The number of hydrogen-bond donors (Lipinski definition) is 1. The zero-order valence-electron chi connectivity index (χ0n) is 17.8. The topological polar surface area (TPSA) is 34.1 Å². The minimum absolute atomic E-state index is 0. The van der Waals surface area contributed by atoms with Gasteiger partial charge in [0.25, 0.3) is 0 Å². The minimum atomic E-state index is 0. The number of aliphatic imine (C=N–C) groups is 1. The van der Waals surface area contributed by atoms with Crippen LogP contribution in [0.1, 0.15) is 25.8 Å². The van der Waals surface area contributed by atoms with E-state index in [1.54, 1.807) is 0 Å². The molecule has 3 rings (SSSR count). The molecule has 1 N–H and O–H groups in total. The van der Waals surface area contributed by atoms with Gasteiger partial charge >= 0.3 is 0 Å². The van der Waals surface area contributed by atoms with Crippen molar-refractivity contribution < 1.29 is 0 Å². The lowest BCUT2D eigenvalue weighted by atomic mass is 9.99. The minimum Gasteiger partial charge on any atom is -0.355 e. The van der Waals surface area contributed by atoms with Gasteiger partial charge in [0.05, 0.1) is 0 Å². The molecule has 2 atom stereocenters. The maximum absolute atomic E-state index is 4.56. The maximum Gasteiger partial charge on any atom is 0.193 e. The zero-order chi connectivity index (χ0) is 19.1. The molecule has 2 aliphatic heterocycles. The van der Waals surface area contributed by atoms with E-state index in [2.05, 4.69) is 69.2 Å². The van der Waals surface area contributed by atoms with E-state index in [4.69, 9.17) is 0 Å². The molecule has 2 saturated heterocycles. The van der Waals surface area contributed by atoms with Crippen LogP contribution in [0.25, 0.3) is 0 Å². The number of piperazine rings is 1. The fourth-order valence-electron chi connectivity index (χ4n) is 4.36. The van der Waals surface area contributed by atoms with Crippen molar-refractivity contribution >= 4 is 29.9 Å². The van der Waals surface area contributed by atoms with E-state index in [1.165, 1.54) is 51.1 Å². The second-order valence-corrected chi connectivity index (χ2v) is 8.04. The molecule has 0 saturated carbocycles. The molecule has 28 heavy (non-hydrogen) atoms. The Bertz CT molecular complexity index is 586. The van der Waals surface area contributed by atoms with Gasteiger partial charge in [-0.15, -0.1) is 24.0 Å². The third-order valence-electron chi connectivity index (χ3n) is 6.20. The van der Waals surface area contributed by atoms with Crippen LogP contribution in [0.3, 0.4) is 0 Å². The van der Waals surface area contributed by atoms with Crippen molar-refractivity contribution in [1.29, 1.82) is 0 Å². The van der Waals surface area contributed by atoms with E-state index in [-0.39, 0.29) is 24.0 Å². The molecular formula is C22H38IN5. The van der Waals surface area contributed by atoms with E-state index < -0.39 is 0 Å². The summed E-state index contributed by atoms with van der Waals surface area (Å²) in [6.45, 7) is 13.7. The van der Waals surface area contributed by atoms with Gasteiger partial charge in [-0.2, -0.15) is 0 Å². The van der Waals surface area contributed by atoms with Crippen molar-refractivity contribution in [3.63, 3.8) is 0 Å². The van der Waals surface area contributed by atoms with Crippen LogP contribution in [0.4, 0.5) is 0 Å². The van der Waals surface area contributed by atoms with Crippen molar-refractivity contribution in [3.8, 4) is 0 Å². The molecule has 6 heteroatoms. The normalized spacial score (nSPS) is 22.8. The Hall–Kier alpha value is -0.860. The summed E-state index contributed by atoms with van der Waals surface area (Å²) < 4.78 is 0. The Balaban J connectivity index is 0.00000280. The Kier molecular flexibility index (Phi) is 10.0. The first-order valence-electron chi connectivity index (χ1n) is 10.7. The highest BCUT2D eigenvalue weighted by molar-refractivity contribution is 14.0. The Morgan fingerprint density at radius 1 is 1.14 bits per heavy atom. The van der Waals surface area contributed by atoms with Gasteiger partial charge in [-0.05, 0) is 37.8 Å². The van der Waals surface area contributed by atoms with Crippen LogP contribution < -0.4 is 5.32 Å². The lowest BCUT2D eigenvalue weighted by Crippen LogP contribution is -2.53. The second kappa shape index (κ2) is 12.0. The monoisotopic (exact) mass is 499 g/mol. The summed E-state index contributed by atoms with van der Waals surface area (Å²) in [6, 6.07) is 11.4. The SMILES string of the molecule is CCN1CCN(C(C)CNC(=NC)N2CCC(Cc3ccccc3)C2)CC1.I. The average Bonchev–Trinajstić information content (AvgIpc) is 3.17. The van der Waals surface area contributed by atoms with Crippen molar-refractivity contribution in [1.82, 2.24) is 20.0 Å². The summed E-state index contributed by atoms with van der Waals surface area (Å²) in [5.41, 5.74) is 1.45. The summed E-state index contributed by atoms with van der Waals surface area (Å²) in [5.74, 6) is 1.80. The van der Waals surface area contributed by atoms with Crippen molar-refractivity contribution in [2.75, 3.05) is 59.4 Å². The molecule has 1 aromatic carbocycles. The number of halogens is 1. The zero-order valence-corrected chi connectivity index (χ0v) is 20.1. The first-order chi connectivity index (χ1) is 13.2. The van der Waals surface area contributed by atoms with E-state index in [9.17, 15) is 0 Å². The van der Waals surface area contributed by atoms with Crippen LogP contribution in [-0.4, -0.2) is 86.1 Å². The molecule has 0 spiro atoms. The number of nitrogens with zero attached hydrogens (tertiary/aromatic N) is 4. The fourth-order valence-corrected chi connectivity index (χ4v) is 4.36. The van der Waals surface area contributed by atoms with Gasteiger partial charge < -0.3 is 15.1 Å². The van der Waals surface area contributed by atoms with Crippen LogP contribution >= 0.6 is 24.0 Å². The van der Waals surface area contributed by atoms with E-state index >= 15 is 0 Å². The maximum atomic E-state index is 4.56. The molecule has 2 heterocycles. The van der Waals surface area contributed by atoms with Gasteiger partial charge in [0.2, 0.25) is 0 Å². The highest BCUT2D eigenvalue weighted by atomic mass is 127. The van der Waals surface area contributed by atoms with Gasteiger partial charge in [0.1, 0.15) is 0 Å². The first kappa shape index (κ1) is 23.4. The quantitative estimate of drug-likeness (QED) is 0.371. The third kappa shape index (κ3) is 6.59. The van der Waals surface area contributed by atoms with E-state index in [0.717, 1.165) is 31.5 Å². The molecule has 2 unspecified atom stereocenters. The molecule has 1 aromatic rings. The van der Waals surface area contributed by atoms with Gasteiger partial charge in [-0.1, -0.05) is 37.3 Å². The molecule has 5 nitrogen and oxygen atoms in total. The molecule has 0 amide bonds. The number of likely N-dealkylation sites (tertiary alicyclic amines) is 1. The lowest BCUT2D eigenvalue weighted by Gasteiger charge is -2.38. The predicted octanol–water partition coefficient (Wildman–Crippen LogP) is 2.77. The van der Waals surface area contributed by atoms with Crippen LogP contribution in [0.5, 0.6) is 0 Å². The fraction of sp³-hybridized carbons (Fsp3) is 0.682. The standard InChI is InChI=1S/C22H37N5.HI/c1-4-25-12-14-26(15-13-25)19(2)17-24-22(23-3)27-11-10-21(18-27)16-20-8-6-5-7-9-20;/h5-9,19,21H,4,10-18H2,1-3H3,(H,23,24);1H. The van der Waals surface area contributed by atoms with E-state index in [1.807, 2.05) is 7.05 Å². The second-order valence-electron chi connectivity index (χ2n) is 8.04. The Morgan fingerprint density at radius 2 is 1.86 bits per heavy atom. The summed E-state index contributed by atoms with van der Waals surface area (Å²) in [7, 11) is 1.91. The Labute approximate surface area is 188 Å². The molecular weight excluding hydrogens is 461 g/mol. The highest BCUT2D eigenvalue weighted by Gasteiger charge is 2.26. The van der Waals surface area contributed by atoms with Gasteiger partial charge in [-0.25, -0.2) is 0 Å². The highest BCUT2D eigenvalue weighted by Crippen LogP contribution is 2.21. The van der Waals surface area contributed by atoms with Crippen molar-refractivity contribution in [2.45, 2.75) is 32.7 Å². The van der Waals surface area contributed by atoms with Crippen molar-refractivity contribution in [3.05, 3.63) is 35.9 Å². The molecule has 0 aromatic heterocycles. The summed E-state index contributed by atoms with van der Waals surface area (Å²) in [6.07, 6.45) is 2.43. The number of nitrogens with one attached hydrogen (secondary N) is 1. The van der Waals surface area contributed by atoms with Gasteiger partial charge in [-0.3, -0.25) is 9.89 Å². The molecule has 2 aliphatic rings. The molecule has 2 fully saturated rings. The number of hydrogen-bond acceptors (Lipinski definition) is 3. The van der Waals surface area contributed by atoms with Crippen molar-refractivity contribution in [2.24, 2.45) is 10.9 Å². The Morgan fingerprint density at radius 3 is 2.50 bits per heavy atom. The number of guanidine groups is 1. The largest absolute Gasteiger partial charge is 0.355 e. The van der Waals surface area contributed by atoms with Gasteiger partial charge in [0, 0.05) is 58.9 Å². The van der Waals surface area contributed by atoms with Crippen LogP contribution in [0, 0.1) is 5.92 Å². The third-order valence-corrected chi connectivity index (χ3v) is 6.20. The van der Waals surface area contributed by atoms with Crippen LogP contribution in [0.2, 0.25) is 0 Å². The van der Waals surface area contributed by atoms with E-state index in [0.29, 0.717) is 6.04 Å². The smallest absolute Gasteiger partial charge is 0.193 e. The number of rotatable bonds is 6.